The second-order valence-electron chi connectivity index (χ2n) is 6.09. The zero-order valence-corrected chi connectivity index (χ0v) is 17.2. The molecule has 0 spiro atoms. The van der Waals surface area contributed by atoms with Crippen LogP contribution in [0.25, 0.3) is 28.7 Å². The first kappa shape index (κ1) is 18.4. The Kier molecular flexibility index (Phi) is 5.21. The van der Waals surface area contributed by atoms with Gasteiger partial charge in [-0.2, -0.15) is 0 Å². The van der Waals surface area contributed by atoms with E-state index in [-0.39, 0.29) is 5.56 Å². The molecule has 4 rings (SSSR count). The van der Waals surface area contributed by atoms with Crippen LogP contribution < -0.4 is 10.3 Å². The van der Waals surface area contributed by atoms with Crippen LogP contribution in [-0.4, -0.2) is 21.6 Å². The lowest BCUT2D eigenvalue weighted by Crippen LogP contribution is -2.22. The smallest absolute Gasteiger partial charge is 0.266 e. The van der Waals surface area contributed by atoms with Crippen LogP contribution in [0.4, 0.5) is 0 Å². The lowest BCUT2D eigenvalue weighted by Gasteiger charge is -2.12. The molecule has 2 aromatic carbocycles. The van der Waals surface area contributed by atoms with Gasteiger partial charge in [-0.25, -0.2) is 4.98 Å². The summed E-state index contributed by atoms with van der Waals surface area (Å²) in [7, 11) is 1.61. The van der Waals surface area contributed by atoms with Crippen molar-refractivity contribution in [3.05, 3.63) is 92.3 Å². The average Bonchev–Trinajstić information content (AvgIpc) is 2.74. The maximum Gasteiger partial charge on any atom is 0.266 e. The van der Waals surface area contributed by atoms with Crippen molar-refractivity contribution < 1.29 is 4.74 Å². The summed E-state index contributed by atoms with van der Waals surface area (Å²) in [6.07, 6.45) is 7.21. The van der Waals surface area contributed by atoms with Crippen LogP contribution in [0.1, 0.15) is 11.4 Å². The van der Waals surface area contributed by atoms with E-state index in [0.29, 0.717) is 16.7 Å². The third-order valence-electron chi connectivity index (χ3n) is 4.30. The molecule has 5 nitrogen and oxygen atoms in total. The summed E-state index contributed by atoms with van der Waals surface area (Å²) in [5.41, 5.74) is 2.21. The molecule has 2 aromatic heterocycles. The van der Waals surface area contributed by atoms with Crippen LogP contribution in [-0.2, 0) is 0 Å². The van der Waals surface area contributed by atoms with E-state index in [9.17, 15) is 4.79 Å². The number of fused-ring (bicyclic) bond motifs is 1. The summed E-state index contributed by atoms with van der Waals surface area (Å²) in [4.78, 5) is 22.2. The predicted molar refractivity (Wildman–Crippen MR) is 120 cm³/mol. The summed E-state index contributed by atoms with van der Waals surface area (Å²) in [5.74, 6) is 1.28. The third-order valence-corrected chi connectivity index (χ3v) is 4.97. The number of methoxy groups -OCH3 is 1. The number of pyridine rings is 1. The Morgan fingerprint density at radius 3 is 2.61 bits per heavy atom. The highest BCUT2D eigenvalue weighted by atomic mass is 127. The summed E-state index contributed by atoms with van der Waals surface area (Å²) < 4.78 is 7.84. The lowest BCUT2D eigenvalue weighted by molar-refractivity contribution is 0.414. The molecule has 0 saturated carbocycles. The first-order chi connectivity index (χ1) is 13.7. The van der Waals surface area contributed by atoms with E-state index in [4.69, 9.17) is 9.72 Å². The molecule has 0 radical (unpaired) electrons. The molecule has 2 heterocycles. The highest BCUT2D eigenvalue weighted by molar-refractivity contribution is 14.1. The molecule has 0 saturated heterocycles. The predicted octanol–water partition coefficient (Wildman–Crippen LogP) is 4.56. The number of ether oxygens (including phenoxy) is 1. The molecule has 0 aliphatic carbocycles. The fraction of sp³-hybridized carbons (Fsp3) is 0.0455. The molecule has 138 valence electrons. The van der Waals surface area contributed by atoms with Gasteiger partial charge in [0.1, 0.15) is 11.6 Å². The summed E-state index contributed by atoms with van der Waals surface area (Å²) in [6, 6.07) is 16.9. The summed E-state index contributed by atoms with van der Waals surface area (Å²) in [6.45, 7) is 0. The maximum absolute atomic E-state index is 13.3. The molecule has 0 amide bonds. The van der Waals surface area contributed by atoms with Gasteiger partial charge in [-0.3, -0.25) is 14.3 Å². The molecule has 0 fully saturated rings. The van der Waals surface area contributed by atoms with Crippen LogP contribution in [0, 0.1) is 3.57 Å². The van der Waals surface area contributed by atoms with E-state index in [1.54, 1.807) is 24.1 Å². The Balaban J connectivity index is 1.94. The molecular weight excluding hydrogens is 465 g/mol. The maximum atomic E-state index is 13.3. The molecule has 0 N–H and O–H groups in total. The van der Waals surface area contributed by atoms with Gasteiger partial charge < -0.3 is 4.74 Å². The first-order valence-corrected chi connectivity index (χ1v) is 9.68. The van der Waals surface area contributed by atoms with Gasteiger partial charge in [0.25, 0.3) is 5.56 Å². The number of hydrogen-bond donors (Lipinski definition) is 0. The van der Waals surface area contributed by atoms with E-state index in [2.05, 4.69) is 27.6 Å². The Labute approximate surface area is 175 Å². The van der Waals surface area contributed by atoms with Crippen molar-refractivity contribution in [2.45, 2.75) is 0 Å². The van der Waals surface area contributed by atoms with Gasteiger partial charge in [0, 0.05) is 16.0 Å². The SMILES string of the molecule is COc1ccc(-n2c(C=Cc3cccnc3)nc3ccc(I)cc3c2=O)cc1. The Bertz CT molecular complexity index is 1220. The minimum Gasteiger partial charge on any atom is -0.497 e. The van der Waals surface area contributed by atoms with Gasteiger partial charge in [-0.1, -0.05) is 6.07 Å². The first-order valence-electron chi connectivity index (χ1n) is 8.60. The quantitative estimate of drug-likeness (QED) is 0.401. The van der Waals surface area contributed by atoms with Crippen molar-refractivity contribution in [1.82, 2.24) is 14.5 Å². The number of nitrogens with zero attached hydrogens (tertiary/aromatic N) is 3. The molecule has 6 heteroatoms. The van der Waals surface area contributed by atoms with E-state index in [1.165, 1.54) is 0 Å². The average molecular weight is 481 g/mol. The molecule has 0 atom stereocenters. The van der Waals surface area contributed by atoms with Gasteiger partial charge in [0.2, 0.25) is 0 Å². The van der Waals surface area contributed by atoms with Crippen molar-refractivity contribution in [2.24, 2.45) is 0 Å². The second-order valence-corrected chi connectivity index (χ2v) is 7.34. The Morgan fingerprint density at radius 2 is 1.89 bits per heavy atom. The summed E-state index contributed by atoms with van der Waals surface area (Å²) >= 11 is 2.20. The van der Waals surface area contributed by atoms with Crippen molar-refractivity contribution in [3.8, 4) is 11.4 Å². The Hall–Kier alpha value is -3.00. The molecule has 28 heavy (non-hydrogen) atoms. The highest BCUT2D eigenvalue weighted by Crippen LogP contribution is 2.19. The number of aromatic nitrogens is 3. The van der Waals surface area contributed by atoms with Crippen molar-refractivity contribution in [2.75, 3.05) is 7.11 Å². The monoisotopic (exact) mass is 481 g/mol. The van der Waals surface area contributed by atoms with Gasteiger partial charge in [-0.15, -0.1) is 0 Å². The van der Waals surface area contributed by atoms with Gasteiger partial charge in [0.05, 0.1) is 23.7 Å². The third kappa shape index (κ3) is 3.68. The molecule has 0 aliphatic rings. The largest absolute Gasteiger partial charge is 0.497 e. The number of hydrogen-bond acceptors (Lipinski definition) is 4. The van der Waals surface area contributed by atoms with E-state index in [1.807, 2.05) is 66.7 Å². The van der Waals surface area contributed by atoms with E-state index in [0.717, 1.165) is 20.6 Å². The van der Waals surface area contributed by atoms with Crippen LogP contribution in [0.2, 0.25) is 0 Å². The minimum absolute atomic E-state index is 0.112. The van der Waals surface area contributed by atoms with E-state index >= 15 is 0 Å². The highest BCUT2D eigenvalue weighted by Gasteiger charge is 2.12. The molecule has 0 unspecified atom stereocenters. The number of rotatable bonds is 4. The van der Waals surface area contributed by atoms with Crippen LogP contribution in [0.3, 0.4) is 0 Å². The van der Waals surface area contributed by atoms with Crippen molar-refractivity contribution >= 4 is 45.6 Å². The van der Waals surface area contributed by atoms with E-state index < -0.39 is 0 Å². The van der Waals surface area contributed by atoms with Crippen LogP contribution in [0.5, 0.6) is 5.75 Å². The minimum atomic E-state index is -0.112. The normalized spacial score (nSPS) is 11.2. The topological polar surface area (TPSA) is 57.0 Å². The second kappa shape index (κ2) is 7.93. The van der Waals surface area contributed by atoms with Gasteiger partial charge >= 0.3 is 0 Å². The lowest BCUT2D eigenvalue weighted by atomic mass is 10.2. The van der Waals surface area contributed by atoms with Gasteiger partial charge in [0.15, 0.2) is 0 Å². The number of halogens is 1. The number of benzene rings is 2. The zero-order valence-electron chi connectivity index (χ0n) is 15.0. The molecule has 0 bridgehead atoms. The zero-order chi connectivity index (χ0) is 19.5. The van der Waals surface area contributed by atoms with Crippen molar-refractivity contribution in [3.63, 3.8) is 0 Å². The van der Waals surface area contributed by atoms with Crippen LogP contribution >= 0.6 is 22.6 Å². The molecular formula is C22H16IN3O2. The Morgan fingerprint density at radius 1 is 1.07 bits per heavy atom. The standard InChI is InChI=1S/C22H16IN3O2/c1-28-18-8-6-17(7-9-18)26-21(11-4-15-3-2-12-24-14-15)25-20-10-5-16(23)13-19(20)22(26)27/h2-14H,1H3. The molecule has 4 aromatic rings. The van der Waals surface area contributed by atoms with Crippen molar-refractivity contribution in [1.29, 1.82) is 0 Å². The fourth-order valence-corrected chi connectivity index (χ4v) is 3.40. The van der Waals surface area contributed by atoms with Gasteiger partial charge in [-0.05, 0) is 88.8 Å². The fourth-order valence-electron chi connectivity index (χ4n) is 2.91. The molecule has 0 aliphatic heterocycles. The summed E-state index contributed by atoms with van der Waals surface area (Å²) in [5, 5.41) is 0.584. The van der Waals surface area contributed by atoms with Crippen LogP contribution in [0.15, 0.2) is 71.8 Å².